The van der Waals surface area contributed by atoms with Crippen molar-refractivity contribution < 1.29 is 9.59 Å². The maximum Gasteiger partial charge on any atom is 0.326 e. The lowest BCUT2D eigenvalue weighted by Gasteiger charge is -2.08. The highest BCUT2D eigenvalue weighted by Crippen LogP contribution is 2.19. The fourth-order valence-corrected chi connectivity index (χ4v) is 2.94. The summed E-state index contributed by atoms with van der Waals surface area (Å²) in [6.07, 6.45) is 0. The number of nitrogens with one attached hydrogen (secondary N) is 2. The van der Waals surface area contributed by atoms with Crippen molar-refractivity contribution in [1.29, 1.82) is 0 Å². The van der Waals surface area contributed by atoms with Gasteiger partial charge in [0, 0.05) is 11.3 Å². The zero-order chi connectivity index (χ0) is 17.9. The Kier molecular flexibility index (Phi) is 4.07. The van der Waals surface area contributed by atoms with E-state index in [0.29, 0.717) is 11.3 Å². The molecule has 0 heterocycles. The molecule has 0 atom stereocenters. The van der Waals surface area contributed by atoms with Gasteiger partial charge >= 0.3 is 6.03 Å². The largest absolute Gasteiger partial charge is 0.326 e. The lowest BCUT2D eigenvalue weighted by molar-refractivity contribution is 0.0967. The maximum atomic E-state index is 12.3. The van der Waals surface area contributed by atoms with E-state index in [1.54, 1.807) is 12.1 Å². The summed E-state index contributed by atoms with van der Waals surface area (Å²) in [6.45, 7) is 0. The van der Waals surface area contributed by atoms with Gasteiger partial charge in [0.05, 0.1) is 0 Å². The van der Waals surface area contributed by atoms with Crippen molar-refractivity contribution in [2.75, 3.05) is 5.32 Å². The third-order valence-corrected chi connectivity index (χ3v) is 4.25. The monoisotopic (exact) mass is 340 g/mol. The fourth-order valence-electron chi connectivity index (χ4n) is 2.94. The first-order chi connectivity index (χ1) is 12.7. The first-order valence-electron chi connectivity index (χ1n) is 8.29. The molecule has 4 aromatic carbocycles. The average molecular weight is 340 g/mol. The molecule has 126 valence electrons. The minimum Gasteiger partial charge on any atom is -0.308 e. The minimum absolute atomic E-state index is 0.436. The molecule has 0 spiro atoms. The Balaban J connectivity index is 1.48. The van der Waals surface area contributed by atoms with Gasteiger partial charge in [0.15, 0.2) is 0 Å². The number of hydrogen-bond acceptors (Lipinski definition) is 2. The van der Waals surface area contributed by atoms with Crippen LogP contribution in [-0.4, -0.2) is 11.9 Å². The summed E-state index contributed by atoms with van der Waals surface area (Å²) in [6, 6.07) is 26.0. The van der Waals surface area contributed by atoms with Gasteiger partial charge in [-0.15, -0.1) is 0 Å². The lowest BCUT2D eigenvalue weighted by atomic mass is 10.1. The van der Waals surface area contributed by atoms with Crippen molar-refractivity contribution in [3.05, 3.63) is 90.5 Å². The smallest absolute Gasteiger partial charge is 0.308 e. The van der Waals surface area contributed by atoms with Crippen molar-refractivity contribution in [1.82, 2.24) is 5.32 Å². The van der Waals surface area contributed by atoms with E-state index in [1.165, 1.54) is 0 Å². The molecule has 0 saturated heterocycles. The summed E-state index contributed by atoms with van der Waals surface area (Å²) < 4.78 is 0. The van der Waals surface area contributed by atoms with Gasteiger partial charge in [0.25, 0.3) is 5.91 Å². The van der Waals surface area contributed by atoms with Gasteiger partial charge in [-0.25, -0.2) is 4.79 Å². The zero-order valence-corrected chi connectivity index (χ0v) is 13.9. The normalized spacial score (nSPS) is 10.6. The molecule has 0 saturated carbocycles. The molecule has 3 amide bonds. The molecule has 4 rings (SSSR count). The molecule has 0 aliphatic heterocycles. The first kappa shape index (κ1) is 15.8. The fraction of sp³-hybridized carbons (Fsp3) is 0. The van der Waals surface area contributed by atoms with Crippen LogP contribution in [0.1, 0.15) is 10.4 Å². The van der Waals surface area contributed by atoms with Crippen LogP contribution in [0.2, 0.25) is 0 Å². The molecule has 4 aromatic rings. The quantitative estimate of drug-likeness (QED) is 0.542. The highest BCUT2D eigenvalue weighted by molar-refractivity contribution is 6.09. The van der Waals surface area contributed by atoms with Gasteiger partial charge in [-0.3, -0.25) is 10.1 Å². The summed E-state index contributed by atoms with van der Waals surface area (Å²) in [4.78, 5) is 24.5. The second kappa shape index (κ2) is 6.69. The van der Waals surface area contributed by atoms with Crippen molar-refractivity contribution >= 4 is 39.2 Å². The zero-order valence-electron chi connectivity index (χ0n) is 13.9. The topological polar surface area (TPSA) is 58.2 Å². The van der Waals surface area contributed by atoms with Crippen molar-refractivity contribution in [3.8, 4) is 0 Å². The molecule has 0 radical (unpaired) electrons. The van der Waals surface area contributed by atoms with Crippen LogP contribution in [0.5, 0.6) is 0 Å². The Labute approximate surface area is 150 Å². The Morgan fingerprint density at radius 1 is 0.615 bits per heavy atom. The third-order valence-electron chi connectivity index (χ3n) is 4.25. The second-order valence-corrected chi connectivity index (χ2v) is 6.03. The van der Waals surface area contributed by atoms with Gasteiger partial charge in [-0.2, -0.15) is 0 Å². The molecule has 0 aliphatic rings. The lowest BCUT2D eigenvalue weighted by Crippen LogP contribution is -2.34. The number of carbonyl (C=O) groups is 2. The van der Waals surface area contributed by atoms with E-state index in [9.17, 15) is 9.59 Å². The number of carbonyl (C=O) groups excluding carboxylic acids is 2. The van der Waals surface area contributed by atoms with E-state index in [1.807, 2.05) is 72.8 Å². The van der Waals surface area contributed by atoms with Crippen LogP contribution >= 0.6 is 0 Å². The van der Waals surface area contributed by atoms with Gasteiger partial charge in [-0.05, 0) is 45.8 Å². The van der Waals surface area contributed by atoms with E-state index in [0.717, 1.165) is 21.5 Å². The van der Waals surface area contributed by atoms with Gasteiger partial charge in [0.2, 0.25) is 0 Å². The Morgan fingerprint density at radius 2 is 1.19 bits per heavy atom. The van der Waals surface area contributed by atoms with E-state index < -0.39 is 11.9 Å². The minimum atomic E-state index is -0.557. The summed E-state index contributed by atoms with van der Waals surface area (Å²) in [5.74, 6) is -0.436. The SMILES string of the molecule is O=C(NC(=O)c1ccc2ccccc2c1)Nc1ccc2ccccc2c1. The number of benzene rings is 4. The van der Waals surface area contributed by atoms with Crippen LogP contribution in [0.4, 0.5) is 10.5 Å². The number of anilines is 1. The van der Waals surface area contributed by atoms with Gasteiger partial charge < -0.3 is 5.32 Å². The molecule has 0 bridgehead atoms. The molecule has 0 unspecified atom stereocenters. The third kappa shape index (κ3) is 3.26. The molecule has 4 heteroatoms. The summed E-state index contributed by atoms with van der Waals surface area (Å²) in [5.41, 5.74) is 1.07. The van der Waals surface area contributed by atoms with E-state index >= 15 is 0 Å². The van der Waals surface area contributed by atoms with Crippen molar-refractivity contribution in [3.63, 3.8) is 0 Å². The number of hydrogen-bond donors (Lipinski definition) is 2. The van der Waals surface area contributed by atoms with Crippen molar-refractivity contribution in [2.24, 2.45) is 0 Å². The number of rotatable bonds is 2. The predicted molar refractivity (Wildman–Crippen MR) is 104 cm³/mol. The first-order valence-corrected chi connectivity index (χ1v) is 8.29. The van der Waals surface area contributed by atoms with Crippen LogP contribution in [0.15, 0.2) is 84.9 Å². The van der Waals surface area contributed by atoms with Crippen LogP contribution in [0, 0.1) is 0 Å². The molecular formula is C22H16N2O2. The molecule has 0 aliphatic carbocycles. The van der Waals surface area contributed by atoms with Crippen molar-refractivity contribution in [2.45, 2.75) is 0 Å². The Morgan fingerprint density at radius 3 is 1.88 bits per heavy atom. The van der Waals surface area contributed by atoms with Gasteiger partial charge in [-0.1, -0.05) is 60.7 Å². The highest BCUT2D eigenvalue weighted by Gasteiger charge is 2.11. The standard InChI is InChI=1S/C22H16N2O2/c25-21(19-10-9-15-5-1-3-7-17(15)13-19)24-22(26)23-20-12-11-16-6-2-4-8-18(16)14-20/h1-14H,(H2,23,24,25,26). The van der Waals surface area contributed by atoms with E-state index in [-0.39, 0.29) is 0 Å². The highest BCUT2D eigenvalue weighted by atomic mass is 16.2. The summed E-state index contributed by atoms with van der Waals surface area (Å²) in [7, 11) is 0. The molecule has 4 nitrogen and oxygen atoms in total. The van der Waals surface area contributed by atoms with E-state index in [2.05, 4.69) is 10.6 Å². The van der Waals surface area contributed by atoms with Crippen LogP contribution in [0.3, 0.4) is 0 Å². The molecular weight excluding hydrogens is 324 g/mol. The number of imide groups is 1. The number of urea groups is 1. The van der Waals surface area contributed by atoms with Crippen LogP contribution in [0.25, 0.3) is 21.5 Å². The predicted octanol–water partition coefficient (Wildman–Crippen LogP) is 4.95. The Bertz CT molecular complexity index is 1130. The molecule has 0 aromatic heterocycles. The number of amides is 3. The van der Waals surface area contributed by atoms with Crippen LogP contribution < -0.4 is 10.6 Å². The van der Waals surface area contributed by atoms with Gasteiger partial charge in [0.1, 0.15) is 0 Å². The second-order valence-electron chi connectivity index (χ2n) is 6.03. The molecule has 26 heavy (non-hydrogen) atoms. The van der Waals surface area contributed by atoms with Crippen LogP contribution in [-0.2, 0) is 0 Å². The summed E-state index contributed by atoms with van der Waals surface area (Å²) in [5, 5.41) is 9.18. The average Bonchev–Trinajstić information content (AvgIpc) is 2.67. The molecule has 2 N–H and O–H groups in total. The Hall–Kier alpha value is -3.66. The molecule has 0 fully saturated rings. The summed E-state index contributed by atoms with van der Waals surface area (Å²) >= 11 is 0. The van der Waals surface area contributed by atoms with E-state index in [4.69, 9.17) is 0 Å². The number of fused-ring (bicyclic) bond motifs is 2. The maximum absolute atomic E-state index is 12.3.